The Bertz CT molecular complexity index is 187. The van der Waals surface area contributed by atoms with E-state index in [4.69, 9.17) is 4.74 Å². The van der Waals surface area contributed by atoms with Crippen molar-refractivity contribution in [3.05, 3.63) is 0 Å². The molecule has 0 radical (unpaired) electrons. The molecule has 1 saturated carbocycles. The van der Waals surface area contributed by atoms with Crippen LogP contribution in [0.4, 0.5) is 0 Å². The lowest BCUT2D eigenvalue weighted by atomic mass is 9.94. The molecule has 15 heavy (non-hydrogen) atoms. The van der Waals surface area contributed by atoms with Crippen LogP contribution in [0, 0.1) is 11.8 Å². The second-order valence-electron chi connectivity index (χ2n) is 5.46. The summed E-state index contributed by atoms with van der Waals surface area (Å²) in [5.74, 6) is 1.40. The summed E-state index contributed by atoms with van der Waals surface area (Å²) in [7, 11) is 0. The first-order valence-electron chi connectivity index (χ1n) is 6.55. The van der Waals surface area contributed by atoms with E-state index in [0.717, 1.165) is 25.4 Å². The van der Waals surface area contributed by atoms with Crippen LogP contribution in [-0.2, 0) is 4.74 Å². The highest BCUT2D eigenvalue weighted by atomic mass is 16.5. The van der Waals surface area contributed by atoms with Crippen LogP contribution in [-0.4, -0.2) is 23.9 Å². The number of hydrogen-bond donors (Lipinski definition) is 1. The lowest BCUT2D eigenvalue weighted by molar-refractivity contribution is 0.0593. The molecule has 1 heterocycles. The second-order valence-corrected chi connectivity index (χ2v) is 5.46. The van der Waals surface area contributed by atoms with Gasteiger partial charge in [-0.2, -0.15) is 0 Å². The Kier molecular flexibility index (Phi) is 4.04. The van der Waals surface area contributed by atoms with Gasteiger partial charge in [-0.3, -0.25) is 0 Å². The van der Waals surface area contributed by atoms with Crippen molar-refractivity contribution in [2.24, 2.45) is 11.8 Å². The van der Waals surface area contributed by atoms with Crippen molar-refractivity contribution in [3.8, 4) is 0 Å². The summed E-state index contributed by atoms with van der Waals surface area (Å²) < 4.78 is 5.58. The quantitative estimate of drug-likeness (QED) is 0.776. The molecule has 0 bridgehead atoms. The molecule has 0 aromatic carbocycles. The minimum Gasteiger partial charge on any atom is -0.393 e. The number of hydrogen-bond acceptors (Lipinski definition) is 2. The molecule has 2 heteroatoms. The van der Waals surface area contributed by atoms with Gasteiger partial charge in [0.25, 0.3) is 0 Å². The Balaban J connectivity index is 1.65. The normalized spacial score (nSPS) is 38.4. The molecule has 1 aliphatic heterocycles. The molecule has 0 aromatic rings. The summed E-state index contributed by atoms with van der Waals surface area (Å²) in [6.45, 7) is 3.23. The smallest absolute Gasteiger partial charge is 0.0577 e. The number of ether oxygens (including phenoxy) is 1. The zero-order chi connectivity index (χ0) is 10.7. The van der Waals surface area contributed by atoms with Crippen molar-refractivity contribution in [3.63, 3.8) is 0 Å². The number of aliphatic hydroxyl groups excluding tert-OH is 1. The first-order chi connectivity index (χ1) is 7.25. The van der Waals surface area contributed by atoms with Crippen molar-refractivity contribution in [1.29, 1.82) is 0 Å². The monoisotopic (exact) mass is 212 g/mol. The summed E-state index contributed by atoms with van der Waals surface area (Å²) in [6, 6.07) is 0. The fourth-order valence-electron chi connectivity index (χ4n) is 3.06. The van der Waals surface area contributed by atoms with Gasteiger partial charge in [0.05, 0.1) is 12.2 Å². The van der Waals surface area contributed by atoms with E-state index in [1.807, 2.05) is 0 Å². The molecule has 0 spiro atoms. The zero-order valence-corrected chi connectivity index (χ0v) is 9.82. The summed E-state index contributed by atoms with van der Waals surface area (Å²) in [5.41, 5.74) is 0. The molecule has 1 N–H and O–H groups in total. The van der Waals surface area contributed by atoms with Gasteiger partial charge in [0.15, 0.2) is 0 Å². The molecule has 2 nitrogen and oxygen atoms in total. The van der Waals surface area contributed by atoms with Gasteiger partial charge in [-0.15, -0.1) is 0 Å². The molecule has 88 valence electrons. The summed E-state index contributed by atoms with van der Waals surface area (Å²) in [4.78, 5) is 0. The Morgan fingerprint density at radius 2 is 2.20 bits per heavy atom. The van der Waals surface area contributed by atoms with Gasteiger partial charge in [0.1, 0.15) is 0 Å². The summed E-state index contributed by atoms with van der Waals surface area (Å²) in [5, 5.41) is 10.1. The average molecular weight is 212 g/mol. The highest BCUT2D eigenvalue weighted by Gasteiger charge is 2.28. The standard InChI is InChI=1S/C13H24O2/c1-10-4-5-11(9-10)13(14)7-6-12-3-2-8-15-12/h10-14H,2-9H2,1H3. The van der Waals surface area contributed by atoms with Gasteiger partial charge in [-0.25, -0.2) is 0 Å². The molecule has 4 atom stereocenters. The average Bonchev–Trinajstić information content (AvgIpc) is 2.84. The van der Waals surface area contributed by atoms with Crippen molar-refractivity contribution in [2.75, 3.05) is 6.61 Å². The van der Waals surface area contributed by atoms with E-state index in [9.17, 15) is 5.11 Å². The third kappa shape index (κ3) is 3.18. The predicted octanol–water partition coefficient (Wildman–Crippen LogP) is 2.74. The summed E-state index contributed by atoms with van der Waals surface area (Å²) in [6.07, 6.45) is 8.56. The van der Waals surface area contributed by atoms with Gasteiger partial charge in [0.2, 0.25) is 0 Å². The van der Waals surface area contributed by atoms with Crippen molar-refractivity contribution < 1.29 is 9.84 Å². The maximum atomic E-state index is 10.1. The van der Waals surface area contributed by atoms with Crippen LogP contribution in [0.5, 0.6) is 0 Å². The van der Waals surface area contributed by atoms with E-state index >= 15 is 0 Å². The Morgan fingerprint density at radius 3 is 2.80 bits per heavy atom. The maximum Gasteiger partial charge on any atom is 0.0577 e. The van der Waals surface area contributed by atoms with E-state index in [2.05, 4.69) is 6.92 Å². The predicted molar refractivity (Wildman–Crippen MR) is 60.7 cm³/mol. The lowest BCUT2D eigenvalue weighted by Gasteiger charge is -2.19. The van der Waals surface area contributed by atoms with Crippen LogP contribution in [0.1, 0.15) is 51.9 Å². The van der Waals surface area contributed by atoms with Crippen molar-refractivity contribution in [1.82, 2.24) is 0 Å². The third-order valence-corrected chi connectivity index (χ3v) is 4.09. The van der Waals surface area contributed by atoms with Crippen LogP contribution in [0.25, 0.3) is 0 Å². The highest BCUT2D eigenvalue weighted by Crippen LogP contribution is 2.34. The third-order valence-electron chi connectivity index (χ3n) is 4.09. The molecule has 0 amide bonds. The van der Waals surface area contributed by atoms with Crippen molar-refractivity contribution >= 4 is 0 Å². The molecule has 1 aliphatic carbocycles. The SMILES string of the molecule is CC1CCC(C(O)CCC2CCCO2)C1. The fourth-order valence-corrected chi connectivity index (χ4v) is 3.06. The maximum absolute atomic E-state index is 10.1. The van der Waals surface area contributed by atoms with Crippen LogP contribution >= 0.6 is 0 Å². The minimum absolute atomic E-state index is 0.0702. The molecular weight excluding hydrogens is 188 g/mol. The molecule has 0 aromatic heterocycles. The largest absolute Gasteiger partial charge is 0.393 e. The molecule has 2 aliphatic rings. The van der Waals surface area contributed by atoms with E-state index < -0.39 is 0 Å². The lowest BCUT2D eigenvalue weighted by Crippen LogP contribution is -2.20. The van der Waals surface area contributed by atoms with E-state index in [1.54, 1.807) is 0 Å². The van der Waals surface area contributed by atoms with Crippen LogP contribution < -0.4 is 0 Å². The van der Waals surface area contributed by atoms with Crippen LogP contribution in [0.3, 0.4) is 0 Å². The van der Waals surface area contributed by atoms with Gasteiger partial charge in [-0.1, -0.05) is 13.3 Å². The number of rotatable bonds is 4. The van der Waals surface area contributed by atoms with E-state index in [0.29, 0.717) is 12.0 Å². The summed E-state index contributed by atoms with van der Waals surface area (Å²) >= 11 is 0. The topological polar surface area (TPSA) is 29.5 Å². The van der Waals surface area contributed by atoms with Gasteiger partial charge < -0.3 is 9.84 Å². The zero-order valence-electron chi connectivity index (χ0n) is 9.82. The van der Waals surface area contributed by atoms with E-state index in [1.165, 1.54) is 32.1 Å². The Labute approximate surface area is 93.0 Å². The Morgan fingerprint density at radius 1 is 1.33 bits per heavy atom. The minimum atomic E-state index is -0.0702. The molecule has 2 rings (SSSR count). The van der Waals surface area contributed by atoms with Crippen molar-refractivity contribution in [2.45, 2.75) is 64.1 Å². The van der Waals surface area contributed by atoms with Gasteiger partial charge in [-0.05, 0) is 50.4 Å². The highest BCUT2D eigenvalue weighted by molar-refractivity contribution is 4.79. The first-order valence-corrected chi connectivity index (χ1v) is 6.55. The molecular formula is C13H24O2. The Hall–Kier alpha value is -0.0800. The second kappa shape index (κ2) is 5.31. The molecule has 4 unspecified atom stereocenters. The van der Waals surface area contributed by atoms with E-state index in [-0.39, 0.29) is 6.10 Å². The van der Waals surface area contributed by atoms with Crippen LogP contribution in [0.2, 0.25) is 0 Å². The molecule has 2 fully saturated rings. The van der Waals surface area contributed by atoms with Crippen LogP contribution in [0.15, 0.2) is 0 Å². The number of aliphatic hydroxyl groups is 1. The fraction of sp³-hybridized carbons (Fsp3) is 1.00. The first kappa shape index (κ1) is 11.4. The van der Waals surface area contributed by atoms with Gasteiger partial charge >= 0.3 is 0 Å². The van der Waals surface area contributed by atoms with Gasteiger partial charge in [0, 0.05) is 6.61 Å². The molecule has 1 saturated heterocycles.